The number of halogens is 7. The number of methoxy groups -OCH3 is 1. The number of benzene rings is 2. The van der Waals surface area contributed by atoms with E-state index in [0.717, 1.165) is 11.3 Å². The minimum absolute atomic E-state index is 0.0955. The number of carbonyl (C=O) groups is 1. The van der Waals surface area contributed by atoms with Crippen LogP contribution in [0.2, 0.25) is 0 Å². The number of hydrogen-bond acceptors (Lipinski definition) is 7. The molecule has 0 aliphatic rings. The van der Waals surface area contributed by atoms with E-state index >= 15 is 0 Å². The molecule has 0 unspecified atom stereocenters. The van der Waals surface area contributed by atoms with E-state index in [4.69, 9.17) is 9.47 Å². The molecule has 0 saturated heterocycles. The first-order valence-corrected chi connectivity index (χ1v) is 11.2. The van der Waals surface area contributed by atoms with Crippen LogP contribution in [0.3, 0.4) is 0 Å². The van der Waals surface area contributed by atoms with E-state index in [1.807, 2.05) is 6.92 Å². The topological polar surface area (TPSA) is 97.1 Å². The average molecular weight is 560 g/mol. The van der Waals surface area contributed by atoms with Gasteiger partial charge in [0.1, 0.15) is 28.8 Å². The molecule has 0 fully saturated rings. The number of nitriles is 1. The number of carbonyl (C=O) groups excluding carboxylic acids is 1. The molecule has 38 heavy (non-hydrogen) atoms. The Morgan fingerprint density at radius 3 is 2.29 bits per heavy atom. The van der Waals surface area contributed by atoms with Crippen molar-refractivity contribution >= 4 is 28.5 Å². The van der Waals surface area contributed by atoms with Crippen molar-refractivity contribution in [1.29, 1.82) is 5.26 Å². The molecule has 0 aliphatic heterocycles. The third-order valence-electron chi connectivity index (χ3n) is 4.86. The first-order chi connectivity index (χ1) is 17.9. The zero-order valence-corrected chi connectivity index (χ0v) is 20.2. The van der Waals surface area contributed by atoms with Crippen molar-refractivity contribution in [3.63, 3.8) is 0 Å². The summed E-state index contributed by atoms with van der Waals surface area (Å²) < 4.78 is 104. The molecule has 1 N–H and O–H groups in total. The Morgan fingerprint density at radius 2 is 1.76 bits per heavy atom. The number of alkyl halides is 3. The van der Waals surface area contributed by atoms with Gasteiger partial charge in [0.25, 0.3) is 5.91 Å². The van der Waals surface area contributed by atoms with E-state index in [1.54, 1.807) is 6.07 Å². The summed E-state index contributed by atoms with van der Waals surface area (Å²) in [6.45, 7) is 0.656. The van der Waals surface area contributed by atoms with Gasteiger partial charge in [0, 0.05) is 0 Å². The quantitative estimate of drug-likeness (QED) is 0.162. The van der Waals surface area contributed by atoms with Gasteiger partial charge in [-0.1, -0.05) is 24.3 Å². The van der Waals surface area contributed by atoms with Crippen LogP contribution < -0.4 is 14.8 Å². The molecule has 3 aromatic rings. The zero-order chi connectivity index (χ0) is 28.2. The lowest BCUT2D eigenvalue weighted by Crippen LogP contribution is -2.18. The highest BCUT2D eigenvalue weighted by Crippen LogP contribution is 2.37. The molecule has 1 amide bonds. The Bertz CT molecular complexity index is 1420. The smallest absolute Gasteiger partial charge is 0.422 e. The predicted molar refractivity (Wildman–Crippen MR) is 120 cm³/mol. The Hall–Kier alpha value is -4.19. The second-order valence-electron chi connectivity index (χ2n) is 7.28. The van der Waals surface area contributed by atoms with Gasteiger partial charge in [0.05, 0.1) is 12.7 Å². The Morgan fingerprint density at radius 1 is 1.11 bits per heavy atom. The van der Waals surface area contributed by atoms with Gasteiger partial charge in [-0.3, -0.25) is 10.1 Å². The summed E-state index contributed by atoms with van der Waals surface area (Å²) >= 11 is 1.13. The van der Waals surface area contributed by atoms with Gasteiger partial charge in [-0.2, -0.15) is 18.4 Å². The van der Waals surface area contributed by atoms with Crippen LogP contribution in [0.25, 0.3) is 6.08 Å². The largest absolute Gasteiger partial charge is 0.493 e. The lowest BCUT2D eigenvalue weighted by Gasteiger charge is -2.15. The average Bonchev–Trinajstić information content (AvgIpc) is 3.33. The summed E-state index contributed by atoms with van der Waals surface area (Å²) in [5.74, 6) is -10.8. The molecule has 0 bridgehead atoms. The third kappa shape index (κ3) is 6.02. The Labute approximate surface area is 214 Å². The molecule has 15 heteroatoms. The van der Waals surface area contributed by atoms with E-state index < -0.39 is 53.1 Å². The van der Waals surface area contributed by atoms with Crippen molar-refractivity contribution in [2.75, 3.05) is 12.4 Å². The molecule has 1 heterocycles. The second kappa shape index (κ2) is 11.5. The van der Waals surface area contributed by atoms with Crippen LogP contribution in [0.4, 0.5) is 35.9 Å². The van der Waals surface area contributed by atoms with Gasteiger partial charge in [-0.25, -0.2) is 17.6 Å². The molecule has 7 nitrogen and oxygen atoms in total. The van der Waals surface area contributed by atoms with Crippen LogP contribution in [0.15, 0.2) is 23.8 Å². The number of aryl methyl sites for hydroxylation is 1. The highest BCUT2D eigenvalue weighted by atomic mass is 32.1. The van der Waals surface area contributed by atoms with Crippen LogP contribution in [0.5, 0.6) is 11.5 Å². The summed E-state index contributed by atoms with van der Waals surface area (Å²) in [5, 5.41) is 20.3. The van der Waals surface area contributed by atoms with Crippen molar-refractivity contribution in [3.05, 3.63) is 68.7 Å². The number of anilines is 1. The lowest BCUT2D eigenvalue weighted by atomic mass is 10.1. The minimum Gasteiger partial charge on any atom is -0.493 e. The maximum Gasteiger partial charge on any atom is 0.422 e. The molecule has 0 aliphatic carbocycles. The van der Waals surface area contributed by atoms with E-state index in [1.165, 1.54) is 31.4 Å². The minimum atomic E-state index is -5.67. The van der Waals surface area contributed by atoms with Crippen molar-refractivity contribution in [2.45, 2.75) is 26.1 Å². The van der Waals surface area contributed by atoms with Gasteiger partial charge in [-0.05, 0) is 30.2 Å². The molecule has 1 aromatic heterocycles. The molecule has 200 valence electrons. The molecular formula is C23H15F7N4O3S. The number of ether oxygens (including phenoxy) is 2. The Kier molecular flexibility index (Phi) is 8.56. The van der Waals surface area contributed by atoms with E-state index in [0.29, 0.717) is 11.4 Å². The first kappa shape index (κ1) is 28.4. The van der Waals surface area contributed by atoms with Gasteiger partial charge >= 0.3 is 6.18 Å². The number of rotatable bonds is 8. The summed E-state index contributed by atoms with van der Waals surface area (Å²) in [7, 11) is 1.17. The molecule has 0 atom stereocenters. The number of nitrogens with one attached hydrogen (secondary N) is 1. The van der Waals surface area contributed by atoms with Crippen molar-refractivity contribution in [3.8, 4) is 17.6 Å². The zero-order valence-electron chi connectivity index (χ0n) is 19.3. The van der Waals surface area contributed by atoms with Gasteiger partial charge in [0.15, 0.2) is 34.8 Å². The summed E-state index contributed by atoms with van der Waals surface area (Å²) in [6.07, 6.45) is -3.88. The lowest BCUT2D eigenvalue weighted by molar-refractivity contribution is -0.143. The monoisotopic (exact) mass is 560 g/mol. The number of nitrogens with zero attached hydrogens (tertiary/aromatic N) is 3. The number of aromatic nitrogens is 2. The molecular weight excluding hydrogens is 545 g/mol. The van der Waals surface area contributed by atoms with Crippen LogP contribution >= 0.6 is 11.3 Å². The fourth-order valence-electron chi connectivity index (χ4n) is 3.02. The van der Waals surface area contributed by atoms with Crippen molar-refractivity contribution in [1.82, 2.24) is 10.2 Å². The highest BCUT2D eigenvalue weighted by Gasteiger charge is 2.42. The van der Waals surface area contributed by atoms with Crippen molar-refractivity contribution < 1.29 is 45.0 Å². The second-order valence-corrected chi connectivity index (χ2v) is 8.35. The molecule has 2 aromatic carbocycles. The maximum atomic E-state index is 14.1. The highest BCUT2D eigenvalue weighted by molar-refractivity contribution is 7.15. The number of amides is 1. The van der Waals surface area contributed by atoms with Gasteiger partial charge in [-0.15, -0.1) is 10.2 Å². The van der Waals surface area contributed by atoms with E-state index in [-0.39, 0.29) is 27.8 Å². The maximum absolute atomic E-state index is 14.1. The normalized spacial score (nSPS) is 11.7. The van der Waals surface area contributed by atoms with E-state index in [2.05, 4.69) is 15.5 Å². The molecule has 0 spiro atoms. The van der Waals surface area contributed by atoms with Crippen molar-refractivity contribution in [2.24, 2.45) is 0 Å². The fourth-order valence-corrected chi connectivity index (χ4v) is 3.70. The van der Waals surface area contributed by atoms with Crippen LogP contribution in [-0.4, -0.2) is 23.2 Å². The number of hydrogen-bond donors (Lipinski definition) is 1. The third-order valence-corrected chi connectivity index (χ3v) is 5.85. The van der Waals surface area contributed by atoms with Gasteiger partial charge < -0.3 is 9.47 Å². The van der Waals surface area contributed by atoms with E-state index in [9.17, 15) is 40.8 Å². The van der Waals surface area contributed by atoms with Crippen LogP contribution in [0, 0.1) is 34.6 Å². The van der Waals surface area contributed by atoms with Crippen LogP contribution in [0.1, 0.15) is 28.6 Å². The Balaban J connectivity index is 1.83. The predicted octanol–water partition coefficient (Wildman–Crippen LogP) is 5.81. The standard InChI is InChI=1S/C23H15F7N4O3S/c1-3-15-33-34-22(38-15)32-21(35)11(8-31)6-10-4-5-13(14(7-10)36-2)37-9-12-17(24)19(26)16(23(28,29)30)20(27)18(12)25/h4-7H,3,9H2,1-2H3,(H,32,34,35). The molecule has 0 radical (unpaired) electrons. The fraction of sp³-hybridized carbons (Fsp3) is 0.217. The first-order valence-electron chi connectivity index (χ1n) is 10.4. The summed E-state index contributed by atoms with van der Waals surface area (Å²) in [6, 6.07) is 5.48. The van der Waals surface area contributed by atoms with Crippen LogP contribution in [-0.2, 0) is 24.0 Å². The summed E-state index contributed by atoms with van der Waals surface area (Å²) in [4.78, 5) is 12.4. The summed E-state index contributed by atoms with van der Waals surface area (Å²) in [5.41, 5.74) is -4.19. The SMILES string of the molecule is CCc1nnc(NC(=O)C(C#N)=Cc2ccc(OCc3c(F)c(F)c(C(F)(F)F)c(F)c3F)c(OC)c2)s1. The molecule has 3 rings (SSSR count). The van der Waals surface area contributed by atoms with Gasteiger partial charge in [0.2, 0.25) is 5.13 Å². The molecule has 0 saturated carbocycles.